The molecule has 0 atom stereocenters. The van der Waals surface area contributed by atoms with Crippen LogP contribution in [0.2, 0.25) is 0 Å². The molecule has 134 valence electrons. The van der Waals surface area contributed by atoms with E-state index in [0.29, 0.717) is 21.3 Å². The second-order valence-electron chi connectivity index (χ2n) is 5.60. The summed E-state index contributed by atoms with van der Waals surface area (Å²) >= 11 is 1.28. The van der Waals surface area contributed by atoms with Crippen LogP contribution in [-0.2, 0) is 0 Å². The molecule has 2 N–H and O–H groups in total. The Morgan fingerprint density at radius 3 is 2.58 bits per heavy atom. The molecule has 0 saturated heterocycles. The zero-order chi connectivity index (χ0) is 18.7. The highest BCUT2D eigenvalue weighted by molar-refractivity contribution is 7.99. The molecule has 0 fully saturated rings. The number of aromatic nitrogens is 3. The molecule has 3 aromatic rings. The van der Waals surface area contributed by atoms with Crippen LogP contribution in [0, 0.1) is 6.92 Å². The number of hydrazine groups is 1. The summed E-state index contributed by atoms with van der Waals surface area (Å²) < 4.78 is 6.67. The molecule has 1 aromatic carbocycles. The van der Waals surface area contributed by atoms with Gasteiger partial charge >= 0.3 is 0 Å². The minimum atomic E-state index is -0.152. The fourth-order valence-electron chi connectivity index (χ4n) is 2.34. The molecule has 0 saturated carbocycles. The molecule has 8 heteroatoms. The highest BCUT2D eigenvalue weighted by Gasteiger charge is 2.13. The van der Waals surface area contributed by atoms with E-state index in [1.165, 1.54) is 27.7 Å². The number of hydrogen-bond donors (Lipinski definition) is 1. The third-order valence-corrected chi connectivity index (χ3v) is 4.90. The van der Waals surface area contributed by atoms with Crippen molar-refractivity contribution < 1.29 is 4.74 Å². The number of aryl methyl sites for hydroxylation is 1. The summed E-state index contributed by atoms with van der Waals surface area (Å²) in [4.78, 5) is 22.2. The number of nitrogens with zero attached hydrogens (tertiary/aromatic N) is 4. The van der Waals surface area contributed by atoms with Gasteiger partial charge in [-0.25, -0.2) is 15.8 Å². The van der Waals surface area contributed by atoms with Gasteiger partial charge in [-0.2, -0.15) is 0 Å². The predicted octanol–water partition coefficient (Wildman–Crippen LogP) is 2.41. The monoisotopic (exact) mass is 369 g/mol. The molecular formula is C18H19N5O2S. The summed E-state index contributed by atoms with van der Waals surface area (Å²) in [6, 6.07) is 10.9. The van der Waals surface area contributed by atoms with E-state index in [-0.39, 0.29) is 5.56 Å². The van der Waals surface area contributed by atoms with Crippen molar-refractivity contribution in [2.75, 3.05) is 19.2 Å². The number of rotatable bonds is 5. The minimum Gasteiger partial charge on any atom is -0.497 e. The van der Waals surface area contributed by atoms with Gasteiger partial charge in [-0.05, 0) is 43.3 Å². The fourth-order valence-corrected chi connectivity index (χ4v) is 3.23. The van der Waals surface area contributed by atoms with Crippen LogP contribution in [0.15, 0.2) is 63.6 Å². The van der Waals surface area contributed by atoms with Crippen LogP contribution >= 0.6 is 11.8 Å². The van der Waals surface area contributed by atoms with E-state index >= 15 is 0 Å². The minimum absolute atomic E-state index is 0.152. The first-order valence-corrected chi connectivity index (χ1v) is 8.66. The van der Waals surface area contributed by atoms with E-state index in [9.17, 15) is 4.79 Å². The standard InChI is InChI=1S/C18H19N5O2S/c1-12-17(26-16-10-14(22(2)19)8-9-20-16)18(24)23(11-21-12)13-4-6-15(25-3)7-5-13/h4-11H,19H2,1-3H3. The maximum Gasteiger partial charge on any atom is 0.272 e. The number of methoxy groups -OCH3 is 1. The summed E-state index contributed by atoms with van der Waals surface area (Å²) in [5.74, 6) is 6.49. The van der Waals surface area contributed by atoms with Crippen molar-refractivity contribution in [3.05, 3.63) is 65.0 Å². The lowest BCUT2D eigenvalue weighted by atomic mass is 10.3. The van der Waals surface area contributed by atoms with Crippen molar-refractivity contribution in [3.63, 3.8) is 0 Å². The van der Waals surface area contributed by atoms with Gasteiger partial charge in [-0.1, -0.05) is 11.8 Å². The van der Waals surface area contributed by atoms with Crippen LogP contribution in [0.25, 0.3) is 5.69 Å². The molecule has 0 aliphatic carbocycles. The number of nitrogens with two attached hydrogens (primary N) is 1. The van der Waals surface area contributed by atoms with E-state index in [4.69, 9.17) is 10.6 Å². The normalized spacial score (nSPS) is 10.6. The van der Waals surface area contributed by atoms with Gasteiger partial charge in [-0.15, -0.1) is 0 Å². The Kier molecular flexibility index (Phi) is 5.24. The Bertz CT molecular complexity index is 970. The summed E-state index contributed by atoms with van der Waals surface area (Å²) in [7, 11) is 3.35. The molecule has 2 aromatic heterocycles. The highest BCUT2D eigenvalue weighted by atomic mass is 32.2. The molecule has 0 spiro atoms. The topological polar surface area (TPSA) is 86.3 Å². The van der Waals surface area contributed by atoms with E-state index in [2.05, 4.69) is 9.97 Å². The molecule has 0 aliphatic heterocycles. The average molecular weight is 369 g/mol. The average Bonchev–Trinajstić information content (AvgIpc) is 2.65. The number of benzene rings is 1. The zero-order valence-corrected chi connectivity index (χ0v) is 15.5. The number of pyridine rings is 1. The summed E-state index contributed by atoms with van der Waals surface area (Å²) in [6.45, 7) is 1.81. The molecule has 0 amide bonds. The van der Waals surface area contributed by atoms with Crippen LogP contribution in [-0.4, -0.2) is 28.7 Å². The van der Waals surface area contributed by atoms with Gasteiger partial charge in [0, 0.05) is 13.2 Å². The molecule has 7 nitrogen and oxygen atoms in total. The van der Waals surface area contributed by atoms with Crippen molar-refractivity contribution in [2.45, 2.75) is 16.8 Å². The fraction of sp³-hybridized carbons (Fsp3) is 0.167. The third kappa shape index (κ3) is 3.71. The number of anilines is 1. The van der Waals surface area contributed by atoms with Gasteiger partial charge in [0.25, 0.3) is 5.56 Å². The molecule has 0 aliphatic rings. The Morgan fingerprint density at radius 1 is 1.19 bits per heavy atom. The number of ether oxygens (including phenoxy) is 1. The zero-order valence-electron chi connectivity index (χ0n) is 14.7. The van der Waals surface area contributed by atoms with Crippen molar-refractivity contribution in [1.29, 1.82) is 0 Å². The molecule has 2 heterocycles. The number of hydrogen-bond acceptors (Lipinski definition) is 7. The van der Waals surface area contributed by atoms with E-state index in [0.717, 1.165) is 11.4 Å². The summed E-state index contributed by atoms with van der Waals surface area (Å²) in [5, 5.41) is 2.17. The van der Waals surface area contributed by atoms with Gasteiger partial charge in [-0.3, -0.25) is 9.36 Å². The Balaban J connectivity index is 2.00. The third-order valence-electron chi connectivity index (χ3n) is 3.79. The lowest BCUT2D eigenvalue weighted by Crippen LogP contribution is -2.25. The van der Waals surface area contributed by atoms with Gasteiger partial charge in [0.15, 0.2) is 0 Å². The Morgan fingerprint density at radius 2 is 1.92 bits per heavy atom. The van der Waals surface area contributed by atoms with Crippen molar-refractivity contribution in [3.8, 4) is 11.4 Å². The maximum absolute atomic E-state index is 13.0. The molecule has 0 unspecified atom stereocenters. The van der Waals surface area contributed by atoms with E-state index < -0.39 is 0 Å². The molecule has 0 radical (unpaired) electrons. The second kappa shape index (κ2) is 7.59. The Labute approximate surface area is 155 Å². The predicted molar refractivity (Wildman–Crippen MR) is 102 cm³/mol. The summed E-state index contributed by atoms with van der Waals surface area (Å²) in [5.41, 5.74) is 2.02. The molecule has 26 heavy (non-hydrogen) atoms. The van der Waals surface area contributed by atoms with Crippen LogP contribution in [0.3, 0.4) is 0 Å². The second-order valence-corrected chi connectivity index (χ2v) is 6.63. The van der Waals surface area contributed by atoms with Crippen molar-refractivity contribution in [1.82, 2.24) is 14.5 Å². The van der Waals surface area contributed by atoms with Crippen LogP contribution in [0.5, 0.6) is 5.75 Å². The SMILES string of the molecule is COc1ccc(-n2cnc(C)c(Sc3cc(N(C)N)ccn3)c2=O)cc1. The Hall–Kier alpha value is -2.84. The maximum atomic E-state index is 13.0. The van der Waals surface area contributed by atoms with Gasteiger partial charge < -0.3 is 9.75 Å². The highest BCUT2D eigenvalue weighted by Crippen LogP contribution is 2.27. The summed E-state index contributed by atoms with van der Waals surface area (Å²) in [6.07, 6.45) is 3.19. The largest absolute Gasteiger partial charge is 0.497 e. The quantitative estimate of drug-likeness (QED) is 0.546. The van der Waals surface area contributed by atoms with Crippen LogP contribution in [0.4, 0.5) is 5.69 Å². The lowest BCUT2D eigenvalue weighted by Gasteiger charge is -2.13. The lowest BCUT2D eigenvalue weighted by molar-refractivity contribution is 0.414. The molecule has 0 bridgehead atoms. The van der Waals surface area contributed by atoms with E-state index in [1.807, 2.05) is 18.2 Å². The van der Waals surface area contributed by atoms with E-state index in [1.54, 1.807) is 45.5 Å². The first kappa shape index (κ1) is 18.0. The van der Waals surface area contributed by atoms with Crippen molar-refractivity contribution >= 4 is 17.4 Å². The molecule has 3 rings (SSSR count). The molecular weight excluding hydrogens is 350 g/mol. The van der Waals surface area contributed by atoms with Crippen molar-refractivity contribution in [2.24, 2.45) is 5.84 Å². The van der Waals surface area contributed by atoms with Gasteiger partial charge in [0.1, 0.15) is 22.0 Å². The first-order chi connectivity index (χ1) is 12.5. The smallest absolute Gasteiger partial charge is 0.272 e. The first-order valence-electron chi connectivity index (χ1n) is 7.84. The van der Waals surface area contributed by atoms with Crippen LogP contribution in [0.1, 0.15) is 5.69 Å². The van der Waals surface area contributed by atoms with Gasteiger partial charge in [0.2, 0.25) is 0 Å². The van der Waals surface area contributed by atoms with Gasteiger partial charge in [0.05, 0.1) is 24.2 Å². The van der Waals surface area contributed by atoms with Crippen LogP contribution < -0.4 is 21.1 Å².